The Bertz CT molecular complexity index is 894. The first kappa shape index (κ1) is 17.7. The molecule has 0 aliphatic heterocycles. The molecule has 2 heterocycles. The second-order valence-electron chi connectivity index (χ2n) is 5.09. The summed E-state index contributed by atoms with van der Waals surface area (Å²) < 4.78 is 0.871. The Morgan fingerprint density at radius 2 is 1.88 bits per heavy atom. The van der Waals surface area contributed by atoms with E-state index in [1.165, 1.54) is 27.6 Å². The summed E-state index contributed by atoms with van der Waals surface area (Å²) in [5.74, 6) is -0.518. The lowest BCUT2D eigenvalue weighted by atomic mass is 10.2. The van der Waals surface area contributed by atoms with E-state index in [0.717, 1.165) is 14.4 Å². The van der Waals surface area contributed by atoms with Crippen LogP contribution in [-0.2, 0) is 4.79 Å². The first-order valence-corrected chi connectivity index (χ1v) is 9.65. The molecule has 2 amide bonds. The number of carbonyl (C=O) groups is 2. The maximum atomic E-state index is 12.2. The van der Waals surface area contributed by atoms with Crippen molar-refractivity contribution < 1.29 is 9.59 Å². The van der Waals surface area contributed by atoms with Crippen LogP contribution in [-0.4, -0.2) is 40.5 Å². The molecular formula is C16H13BrN4O2S2. The fraction of sp³-hybridized carbons (Fsp3) is 0.125. The number of aromatic nitrogens is 2. The Morgan fingerprint density at radius 1 is 1.12 bits per heavy atom. The highest BCUT2D eigenvalue weighted by Gasteiger charge is 2.17. The average molecular weight is 437 g/mol. The highest BCUT2D eigenvalue weighted by molar-refractivity contribution is 9.11. The zero-order chi connectivity index (χ0) is 17.8. The Morgan fingerprint density at radius 3 is 2.56 bits per heavy atom. The molecule has 0 fully saturated rings. The number of nitrogens with zero attached hydrogens (tertiary/aromatic N) is 3. The third kappa shape index (κ3) is 4.50. The molecule has 0 aliphatic carbocycles. The molecule has 0 saturated heterocycles. The van der Waals surface area contributed by atoms with Crippen molar-refractivity contribution in [2.75, 3.05) is 18.9 Å². The quantitative estimate of drug-likeness (QED) is 0.660. The van der Waals surface area contributed by atoms with Crippen LogP contribution in [0.1, 0.15) is 9.67 Å². The second kappa shape index (κ2) is 7.85. The van der Waals surface area contributed by atoms with Gasteiger partial charge in [-0.25, -0.2) is 0 Å². The number of halogens is 1. The number of thiophene rings is 1. The summed E-state index contributed by atoms with van der Waals surface area (Å²) >= 11 is 5.94. The van der Waals surface area contributed by atoms with Gasteiger partial charge in [-0.05, 0) is 28.1 Å². The first-order valence-electron chi connectivity index (χ1n) is 7.22. The zero-order valence-electron chi connectivity index (χ0n) is 13.1. The summed E-state index contributed by atoms with van der Waals surface area (Å²) in [6.45, 7) is -0.0609. The smallest absolute Gasteiger partial charge is 0.264 e. The highest BCUT2D eigenvalue weighted by atomic mass is 79.9. The molecule has 0 atom stereocenters. The molecule has 0 unspecified atom stereocenters. The number of amides is 2. The minimum atomic E-state index is -0.317. The lowest BCUT2D eigenvalue weighted by molar-refractivity contribution is -0.116. The van der Waals surface area contributed by atoms with Crippen molar-refractivity contribution in [1.29, 1.82) is 0 Å². The maximum Gasteiger partial charge on any atom is 0.264 e. The molecule has 3 rings (SSSR count). The van der Waals surface area contributed by atoms with Gasteiger partial charge < -0.3 is 4.90 Å². The van der Waals surface area contributed by atoms with Gasteiger partial charge in [0, 0.05) is 12.6 Å². The van der Waals surface area contributed by atoms with E-state index >= 15 is 0 Å². The first-order chi connectivity index (χ1) is 12.0. The van der Waals surface area contributed by atoms with Gasteiger partial charge in [-0.2, -0.15) is 0 Å². The van der Waals surface area contributed by atoms with Crippen LogP contribution in [0, 0.1) is 0 Å². The van der Waals surface area contributed by atoms with Crippen molar-refractivity contribution in [1.82, 2.24) is 15.1 Å². The van der Waals surface area contributed by atoms with E-state index in [2.05, 4.69) is 31.4 Å². The molecule has 9 heteroatoms. The fourth-order valence-corrected chi connectivity index (χ4v) is 4.18. The molecule has 2 aromatic heterocycles. The molecular weight excluding hydrogens is 424 g/mol. The topological polar surface area (TPSA) is 75.2 Å². The van der Waals surface area contributed by atoms with E-state index in [4.69, 9.17) is 0 Å². The van der Waals surface area contributed by atoms with Gasteiger partial charge in [-0.3, -0.25) is 14.9 Å². The number of hydrogen-bond acceptors (Lipinski definition) is 6. The van der Waals surface area contributed by atoms with E-state index in [1.807, 2.05) is 30.3 Å². The van der Waals surface area contributed by atoms with E-state index in [0.29, 0.717) is 10.0 Å². The summed E-state index contributed by atoms with van der Waals surface area (Å²) in [7, 11) is 1.59. The van der Waals surface area contributed by atoms with Gasteiger partial charge in [0.05, 0.1) is 15.2 Å². The number of rotatable bonds is 5. The molecule has 0 saturated carbocycles. The monoisotopic (exact) mass is 436 g/mol. The second-order valence-corrected chi connectivity index (χ2v) is 8.53. The lowest BCUT2D eigenvalue weighted by Crippen LogP contribution is -2.34. The van der Waals surface area contributed by atoms with E-state index in [1.54, 1.807) is 19.2 Å². The number of nitrogens with one attached hydrogen (secondary N) is 1. The van der Waals surface area contributed by atoms with E-state index in [9.17, 15) is 9.59 Å². The Kier molecular flexibility index (Phi) is 5.57. The Hall–Kier alpha value is -2.10. The van der Waals surface area contributed by atoms with Crippen LogP contribution in [0.5, 0.6) is 0 Å². The van der Waals surface area contributed by atoms with Crippen molar-refractivity contribution in [3.8, 4) is 10.6 Å². The highest BCUT2D eigenvalue weighted by Crippen LogP contribution is 2.26. The largest absolute Gasteiger partial charge is 0.332 e. The standard InChI is InChI=1S/C16H13BrN4O2S2/c1-21(15(23)11-7-8-12(17)24-11)9-13(22)18-16-20-19-14(25-16)10-5-3-2-4-6-10/h2-8H,9H2,1H3,(H,18,20,22). The van der Waals surface area contributed by atoms with Crippen LogP contribution >= 0.6 is 38.6 Å². The molecule has 0 spiro atoms. The van der Waals surface area contributed by atoms with Gasteiger partial charge in [-0.15, -0.1) is 21.5 Å². The number of carbonyl (C=O) groups excluding carboxylic acids is 2. The van der Waals surface area contributed by atoms with Crippen molar-refractivity contribution in [3.05, 3.63) is 51.1 Å². The van der Waals surface area contributed by atoms with Crippen molar-refractivity contribution in [3.63, 3.8) is 0 Å². The number of hydrogen-bond donors (Lipinski definition) is 1. The van der Waals surface area contributed by atoms with Gasteiger partial charge in [-0.1, -0.05) is 41.7 Å². The van der Waals surface area contributed by atoms with E-state index in [-0.39, 0.29) is 18.4 Å². The molecule has 0 aliphatic rings. The molecule has 0 bridgehead atoms. The third-order valence-electron chi connectivity index (χ3n) is 3.20. The van der Waals surface area contributed by atoms with Crippen LogP contribution in [0.25, 0.3) is 10.6 Å². The van der Waals surface area contributed by atoms with E-state index < -0.39 is 0 Å². The van der Waals surface area contributed by atoms with Gasteiger partial charge in [0.2, 0.25) is 11.0 Å². The van der Waals surface area contributed by atoms with Gasteiger partial charge >= 0.3 is 0 Å². The molecule has 25 heavy (non-hydrogen) atoms. The van der Waals surface area contributed by atoms with Gasteiger partial charge in [0.15, 0.2) is 0 Å². The summed E-state index contributed by atoms with van der Waals surface area (Å²) in [6.07, 6.45) is 0. The van der Waals surface area contributed by atoms with Crippen molar-refractivity contribution >= 4 is 55.5 Å². The van der Waals surface area contributed by atoms with Crippen LogP contribution in [0.4, 0.5) is 5.13 Å². The number of likely N-dealkylation sites (N-methyl/N-ethyl adjacent to an activating group) is 1. The van der Waals surface area contributed by atoms with Crippen LogP contribution in [0.3, 0.4) is 0 Å². The fourth-order valence-electron chi connectivity index (χ4n) is 2.03. The molecule has 1 N–H and O–H groups in total. The number of benzene rings is 1. The minimum Gasteiger partial charge on any atom is -0.332 e. The molecule has 6 nitrogen and oxygen atoms in total. The molecule has 0 radical (unpaired) electrons. The third-order valence-corrected chi connectivity index (χ3v) is 5.70. The molecule has 1 aromatic carbocycles. The predicted octanol–water partition coefficient (Wildman–Crippen LogP) is 3.74. The summed E-state index contributed by atoms with van der Waals surface area (Å²) in [5, 5.41) is 11.9. The van der Waals surface area contributed by atoms with Crippen LogP contribution < -0.4 is 5.32 Å². The average Bonchev–Trinajstić information content (AvgIpc) is 3.24. The summed E-state index contributed by atoms with van der Waals surface area (Å²) in [6, 6.07) is 13.1. The summed E-state index contributed by atoms with van der Waals surface area (Å²) in [5.41, 5.74) is 0.941. The lowest BCUT2D eigenvalue weighted by Gasteiger charge is -2.14. The molecule has 3 aromatic rings. The summed E-state index contributed by atoms with van der Waals surface area (Å²) in [4.78, 5) is 26.3. The Labute approximate surface area is 160 Å². The normalized spacial score (nSPS) is 10.5. The van der Waals surface area contributed by atoms with Gasteiger partial charge in [0.1, 0.15) is 5.01 Å². The van der Waals surface area contributed by atoms with Crippen LogP contribution in [0.2, 0.25) is 0 Å². The zero-order valence-corrected chi connectivity index (χ0v) is 16.3. The SMILES string of the molecule is CN(CC(=O)Nc1nnc(-c2ccccc2)s1)C(=O)c1ccc(Br)s1. The predicted molar refractivity (Wildman–Crippen MR) is 103 cm³/mol. The van der Waals surface area contributed by atoms with Gasteiger partial charge in [0.25, 0.3) is 5.91 Å². The van der Waals surface area contributed by atoms with Crippen LogP contribution in [0.15, 0.2) is 46.3 Å². The van der Waals surface area contributed by atoms with Crippen molar-refractivity contribution in [2.45, 2.75) is 0 Å². The number of anilines is 1. The minimum absolute atomic E-state index is 0.0609. The maximum absolute atomic E-state index is 12.2. The Balaban J connectivity index is 1.59. The van der Waals surface area contributed by atoms with Crippen molar-refractivity contribution in [2.24, 2.45) is 0 Å². The molecule has 128 valence electrons.